The molecule has 0 spiro atoms. The number of nitrogens with zero attached hydrogens (tertiary/aromatic N) is 3. The van der Waals surface area contributed by atoms with Crippen molar-refractivity contribution < 1.29 is 38.2 Å². The Morgan fingerprint density at radius 3 is 2.64 bits per heavy atom. The number of aromatic nitrogens is 2. The third-order valence-electron chi connectivity index (χ3n) is 1.69. The molecule has 0 amide bonds. The van der Waals surface area contributed by atoms with Crippen LogP contribution in [0.2, 0.25) is 0 Å². The zero-order chi connectivity index (χ0) is 16.8. The summed E-state index contributed by atoms with van der Waals surface area (Å²) in [5.41, 5.74) is 1.92. The molecular weight excluding hydrogens is 364 g/mol. The van der Waals surface area contributed by atoms with E-state index in [4.69, 9.17) is 19.8 Å². The highest BCUT2D eigenvalue weighted by Crippen LogP contribution is 2.56. The van der Waals surface area contributed by atoms with Crippen molar-refractivity contribution in [3.05, 3.63) is 5.82 Å². The summed E-state index contributed by atoms with van der Waals surface area (Å²) in [5, 5.41) is 13.9. The minimum absolute atomic E-state index is 0.0290. The van der Waals surface area contributed by atoms with Crippen LogP contribution in [0.15, 0.2) is 5.16 Å². The smallest absolute Gasteiger partial charge is 0.396 e. The average molecular weight is 377 g/mol. The molecular formula is C6H13N5O8P2S. The third-order valence-corrected chi connectivity index (χ3v) is 4.70. The zero-order valence-corrected chi connectivity index (χ0v) is 13.6. The summed E-state index contributed by atoms with van der Waals surface area (Å²) in [4.78, 5) is 34.8. The topological polar surface area (TPSA) is 196 Å². The fraction of sp³-hybridized carbons (Fsp3) is 0.500. The van der Waals surface area contributed by atoms with Crippen molar-refractivity contribution in [3.8, 4) is 0 Å². The van der Waals surface area contributed by atoms with E-state index in [1.54, 1.807) is 6.92 Å². The lowest BCUT2D eigenvalue weighted by atomic mass is 10.4. The number of rotatable bonds is 9. The van der Waals surface area contributed by atoms with Gasteiger partial charge in [0.1, 0.15) is 12.3 Å². The molecule has 6 N–H and O–H groups in total. The van der Waals surface area contributed by atoms with Gasteiger partial charge < -0.3 is 24.7 Å². The molecule has 22 heavy (non-hydrogen) atoms. The number of anilines is 1. The zero-order valence-electron chi connectivity index (χ0n) is 11.0. The lowest BCUT2D eigenvalue weighted by molar-refractivity contribution is 0.153. The second-order valence-electron chi connectivity index (χ2n) is 3.42. The second-order valence-corrected chi connectivity index (χ2v) is 7.07. The molecule has 126 valence electrons. The fourth-order valence-corrected chi connectivity index (χ4v) is 3.61. The molecule has 0 saturated carbocycles. The molecule has 0 bridgehead atoms. The van der Waals surface area contributed by atoms with E-state index in [-0.39, 0.29) is 29.8 Å². The summed E-state index contributed by atoms with van der Waals surface area (Å²) < 4.78 is 29.5. The summed E-state index contributed by atoms with van der Waals surface area (Å²) in [7, 11) is -10.00. The Balaban J connectivity index is 2.86. The van der Waals surface area contributed by atoms with Gasteiger partial charge in [-0.1, -0.05) is 5.16 Å². The first-order valence-electron chi connectivity index (χ1n) is 5.44. The van der Waals surface area contributed by atoms with Gasteiger partial charge in [0.2, 0.25) is 5.13 Å². The minimum atomic E-state index is -5.17. The standard InChI is InChI=1S/C6H13N5O8P2S/c1-2-18-9-4(3-7-12)5-8-6(22-11-5)10-20(13,14)19-21(15,16)17/h7,12H,2-3H2,1H3,(H2,15,16,17)(H2,8,10,11,13,14)/b9-4+. The SMILES string of the molecule is CCO/N=C(\CNO)c1nsc(NP(=O)(O)OP(=O)(O)O)n1. The highest BCUT2D eigenvalue weighted by Gasteiger charge is 2.32. The Morgan fingerprint density at radius 2 is 2.09 bits per heavy atom. The Hall–Kier alpha value is -0.950. The summed E-state index contributed by atoms with van der Waals surface area (Å²) in [6.45, 7) is 1.77. The van der Waals surface area contributed by atoms with E-state index in [2.05, 4.69) is 18.8 Å². The van der Waals surface area contributed by atoms with Crippen LogP contribution in [0, 0.1) is 0 Å². The molecule has 1 atom stereocenters. The highest BCUT2D eigenvalue weighted by molar-refractivity contribution is 7.64. The van der Waals surface area contributed by atoms with Gasteiger partial charge in [-0.05, 0) is 6.92 Å². The van der Waals surface area contributed by atoms with Crippen molar-refractivity contribution in [1.82, 2.24) is 14.8 Å². The van der Waals surface area contributed by atoms with Crippen LogP contribution in [0.1, 0.15) is 12.7 Å². The molecule has 1 aromatic rings. The van der Waals surface area contributed by atoms with Gasteiger partial charge in [-0.3, -0.25) is 5.09 Å². The molecule has 1 rings (SSSR count). The van der Waals surface area contributed by atoms with Crippen molar-refractivity contribution in [3.63, 3.8) is 0 Å². The number of hydrogen-bond acceptors (Lipinski definition) is 10. The maximum Gasteiger partial charge on any atom is 0.478 e. The van der Waals surface area contributed by atoms with Gasteiger partial charge in [-0.2, -0.15) is 19.1 Å². The number of nitrogens with one attached hydrogen (secondary N) is 2. The van der Waals surface area contributed by atoms with Gasteiger partial charge in [0, 0.05) is 11.5 Å². The first-order valence-corrected chi connectivity index (χ1v) is 9.33. The van der Waals surface area contributed by atoms with Gasteiger partial charge in [0.15, 0.2) is 5.82 Å². The molecule has 1 aromatic heterocycles. The Bertz CT molecular complexity index is 616. The first-order chi connectivity index (χ1) is 10.2. The monoisotopic (exact) mass is 377 g/mol. The average Bonchev–Trinajstić information content (AvgIpc) is 2.78. The molecule has 1 unspecified atom stereocenters. The van der Waals surface area contributed by atoms with E-state index in [0.29, 0.717) is 11.5 Å². The number of phosphoric acid groups is 1. The minimum Gasteiger partial charge on any atom is -0.396 e. The summed E-state index contributed by atoms with van der Waals surface area (Å²) in [5.74, 6) is -0.0290. The molecule has 0 aliphatic rings. The lowest BCUT2D eigenvalue weighted by Gasteiger charge is -2.11. The largest absolute Gasteiger partial charge is 0.478 e. The quantitative estimate of drug-likeness (QED) is 0.190. The maximum atomic E-state index is 11.4. The maximum absolute atomic E-state index is 11.4. The van der Waals surface area contributed by atoms with Crippen molar-refractivity contribution in [2.45, 2.75) is 6.92 Å². The van der Waals surface area contributed by atoms with Crippen LogP contribution >= 0.6 is 27.1 Å². The summed E-state index contributed by atoms with van der Waals surface area (Å²) in [6.07, 6.45) is 0. The molecule has 0 fully saturated rings. The normalized spacial score (nSPS) is 15.4. The van der Waals surface area contributed by atoms with E-state index >= 15 is 0 Å². The van der Waals surface area contributed by atoms with Crippen LogP contribution in [0.3, 0.4) is 0 Å². The highest BCUT2D eigenvalue weighted by atomic mass is 32.1. The molecule has 0 aliphatic carbocycles. The fourth-order valence-electron chi connectivity index (χ4n) is 1.04. The Morgan fingerprint density at radius 1 is 1.41 bits per heavy atom. The van der Waals surface area contributed by atoms with Crippen molar-refractivity contribution >= 4 is 37.9 Å². The molecule has 1 heterocycles. The van der Waals surface area contributed by atoms with Gasteiger partial charge in [0.05, 0.1) is 6.54 Å². The molecule has 0 radical (unpaired) electrons. The van der Waals surface area contributed by atoms with Crippen LogP contribution in [0.25, 0.3) is 0 Å². The van der Waals surface area contributed by atoms with E-state index < -0.39 is 15.6 Å². The van der Waals surface area contributed by atoms with Crippen molar-refractivity contribution in [1.29, 1.82) is 0 Å². The van der Waals surface area contributed by atoms with Crippen LogP contribution in [-0.2, 0) is 18.3 Å². The van der Waals surface area contributed by atoms with Crippen molar-refractivity contribution in [2.24, 2.45) is 5.16 Å². The van der Waals surface area contributed by atoms with Gasteiger partial charge in [-0.15, -0.1) is 0 Å². The van der Waals surface area contributed by atoms with Gasteiger partial charge >= 0.3 is 15.6 Å². The third kappa shape index (κ3) is 6.87. The Labute approximate surface area is 127 Å². The van der Waals surface area contributed by atoms with Crippen LogP contribution in [-0.4, -0.2) is 48.1 Å². The van der Waals surface area contributed by atoms with E-state index in [0.717, 1.165) is 0 Å². The molecule has 13 nitrogen and oxygen atoms in total. The van der Waals surface area contributed by atoms with E-state index in [1.165, 1.54) is 0 Å². The Kier molecular flexibility index (Phi) is 6.99. The second kappa shape index (κ2) is 8.06. The first kappa shape index (κ1) is 19.1. The number of oxime groups is 1. The lowest BCUT2D eigenvalue weighted by Crippen LogP contribution is -2.21. The van der Waals surface area contributed by atoms with Crippen LogP contribution in [0.5, 0.6) is 0 Å². The molecule has 0 aromatic carbocycles. The van der Waals surface area contributed by atoms with Crippen molar-refractivity contribution in [2.75, 3.05) is 18.2 Å². The van der Waals surface area contributed by atoms with Gasteiger partial charge in [-0.25, -0.2) is 9.13 Å². The van der Waals surface area contributed by atoms with E-state index in [9.17, 15) is 14.0 Å². The van der Waals surface area contributed by atoms with Crippen LogP contribution in [0.4, 0.5) is 5.13 Å². The number of hydrogen-bond donors (Lipinski definition) is 6. The van der Waals surface area contributed by atoms with Gasteiger partial charge in [0.25, 0.3) is 0 Å². The number of hydroxylamine groups is 1. The summed E-state index contributed by atoms with van der Waals surface area (Å²) in [6, 6.07) is 0. The predicted molar refractivity (Wildman–Crippen MR) is 74.4 cm³/mol. The molecule has 0 aliphatic heterocycles. The predicted octanol–water partition coefficient (Wildman–Crippen LogP) is -0.121. The van der Waals surface area contributed by atoms with E-state index in [1.807, 2.05) is 10.6 Å². The summed E-state index contributed by atoms with van der Waals surface area (Å²) >= 11 is 0.607. The van der Waals surface area contributed by atoms with Crippen LogP contribution < -0.4 is 10.6 Å². The molecule has 16 heteroatoms. The molecule has 0 saturated heterocycles.